The summed E-state index contributed by atoms with van der Waals surface area (Å²) in [6.45, 7) is 9.49. The molecular formula is C12H23N. The van der Waals surface area contributed by atoms with Crippen molar-refractivity contribution in [3.05, 3.63) is 0 Å². The van der Waals surface area contributed by atoms with Crippen molar-refractivity contribution >= 4 is 0 Å². The summed E-state index contributed by atoms with van der Waals surface area (Å²) >= 11 is 0. The number of fused-ring (bicyclic) bond motifs is 2. The SMILES string of the molecule is CC(C)C1[C@@H]2CC[C@@H](C2)N1C(C)C. The smallest absolute Gasteiger partial charge is 0.0153 e. The van der Waals surface area contributed by atoms with Crippen molar-refractivity contribution in [3.8, 4) is 0 Å². The lowest BCUT2D eigenvalue weighted by molar-refractivity contribution is 0.0732. The Kier molecular flexibility index (Phi) is 2.39. The summed E-state index contributed by atoms with van der Waals surface area (Å²) in [6.07, 6.45) is 4.45. The van der Waals surface area contributed by atoms with Crippen molar-refractivity contribution in [2.75, 3.05) is 0 Å². The zero-order valence-corrected chi connectivity index (χ0v) is 9.46. The van der Waals surface area contributed by atoms with Gasteiger partial charge in [0.25, 0.3) is 0 Å². The third-order valence-corrected chi connectivity index (χ3v) is 3.97. The largest absolute Gasteiger partial charge is 0.295 e. The van der Waals surface area contributed by atoms with Crippen molar-refractivity contribution in [1.82, 2.24) is 4.90 Å². The molecule has 2 rings (SSSR count). The minimum Gasteiger partial charge on any atom is -0.295 e. The minimum atomic E-state index is 0.752. The molecule has 1 saturated heterocycles. The Balaban J connectivity index is 2.15. The molecule has 0 N–H and O–H groups in total. The van der Waals surface area contributed by atoms with Gasteiger partial charge in [-0.05, 0) is 44.9 Å². The maximum absolute atomic E-state index is 2.79. The molecule has 1 unspecified atom stereocenters. The van der Waals surface area contributed by atoms with Gasteiger partial charge in [-0.1, -0.05) is 13.8 Å². The van der Waals surface area contributed by atoms with E-state index in [1.54, 1.807) is 0 Å². The van der Waals surface area contributed by atoms with Crippen LogP contribution in [0.1, 0.15) is 47.0 Å². The van der Waals surface area contributed by atoms with Gasteiger partial charge in [0.1, 0.15) is 0 Å². The lowest BCUT2D eigenvalue weighted by Gasteiger charge is -2.40. The molecule has 1 heterocycles. The number of hydrogen-bond acceptors (Lipinski definition) is 1. The van der Waals surface area contributed by atoms with Gasteiger partial charge in [0.05, 0.1) is 0 Å². The summed E-state index contributed by atoms with van der Waals surface area (Å²) in [5.74, 6) is 1.87. The monoisotopic (exact) mass is 181 g/mol. The van der Waals surface area contributed by atoms with Crippen LogP contribution >= 0.6 is 0 Å². The lowest BCUT2D eigenvalue weighted by atomic mass is 9.89. The Morgan fingerprint density at radius 1 is 1.08 bits per heavy atom. The highest BCUT2D eigenvalue weighted by molar-refractivity contribution is 5.01. The van der Waals surface area contributed by atoms with Crippen LogP contribution in [0.15, 0.2) is 0 Å². The summed E-state index contributed by atoms with van der Waals surface area (Å²) in [4.78, 5) is 2.79. The molecule has 1 aliphatic carbocycles. The molecule has 1 heteroatoms. The summed E-state index contributed by atoms with van der Waals surface area (Å²) in [7, 11) is 0. The molecule has 13 heavy (non-hydrogen) atoms. The van der Waals surface area contributed by atoms with E-state index < -0.39 is 0 Å². The van der Waals surface area contributed by atoms with Crippen LogP contribution in [0.4, 0.5) is 0 Å². The van der Waals surface area contributed by atoms with Crippen molar-refractivity contribution in [2.24, 2.45) is 11.8 Å². The second kappa shape index (κ2) is 3.27. The van der Waals surface area contributed by atoms with E-state index in [0.29, 0.717) is 0 Å². The number of piperidine rings is 1. The molecule has 0 radical (unpaired) electrons. The van der Waals surface area contributed by atoms with Gasteiger partial charge >= 0.3 is 0 Å². The third kappa shape index (κ3) is 1.41. The lowest BCUT2D eigenvalue weighted by Crippen LogP contribution is -2.47. The topological polar surface area (TPSA) is 3.24 Å². The molecule has 0 aromatic carbocycles. The molecule has 1 nitrogen and oxygen atoms in total. The minimum absolute atomic E-state index is 0.752. The molecule has 0 spiro atoms. The first-order valence-electron chi connectivity index (χ1n) is 5.88. The quantitative estimate of drug-likeness (QED) is 0.633. The Hall–Kier alpha value is -0.0400. The van der Waals surface area contributed by atoms with Crippen LogP contribution in [-0.2, 0) is 0 Å². The summed E-state index contributed by atoms with van der Waals surface area (Å²) in [6, 6.07) is 2.57. The van der Waals surface area contributed by atoms with Crippen LogP contribution in [0.25, 0.3) is 0 Å². The van der Waals surface area contributed by atoms with Crippen molar-refractivity contribution in [3.63, 3.8) is 0 Å². The number of hydrogen-bond donors (Lipinski definition) is 0. The van der Waals surface area contributed by atoms with Crippen molar-refractivity contribution < 1.29 is 0 Å². The van der Waals surface area contributed by atoms with Crippen molar-refractivity contribution in [2.45, 2.75) is 65.1 Å². The van der Waals surface area contributed by atoms with E-state index in [0.717, 1.165) is 30.0 Å². The standard InChI is InChI=1S/C12H23N/c1-8(2)12-10-5-6-11(7-10)13(12)9(3)4/h8-12H,5-7H2,1-4H3/t10-,11+,12?/m1/s1. The fourth-order valence-corrected chi connectivity index (χ4v) is 3.71. The maximum atomic E-state index is 2.79. The van der Waals surface area contributed by atoms with Crippen LogP contribution < -0.4 is 0 Å². The molecule has 0 amide bonds. The Morgan fingerprint density at radius 2 is 1.77 bits per heavy atom. The average molecular weight is 181 g/mol. The van der Waals surface area contributed by atoms with Gasteiger partial charge in [-0.3, -0.25) is 4.90 Å². The molecule has 0 aromatic rings. The predicted molar refractivity (Wildman–Crippen MR) is 56.7 cm³/mol. The molecule has 1 aliphatic heterocycles. The van der Waals surface area contributed by atoms with Crippen LogP contribution in [0.5, 0.6) is 0 Å². The van der Waals surface area contributed by atoms with E-state index in [1.807, 2.05) is 0 Å². The van der Waals surface area contributed by atoms with Crippen molar-refractivity contribution in [1.29, 1.82) is 0 Å². The van der Waals surface area contributed by atoms with E-state index in [-0.39, 0.29) is 0 Å². The highest BCUT2D eigenvalue weighted by atomic mass is 15.3. The summed E-state index contributed by atoms with van der Waals surface area (Å²) < 4.78 is 0. The summed E-state index contributed by atoms with van der Waals surface area (Å²) in [5, 5.41) is 0. The number of rotatable bonds is 2. The van der Waals surface area contributed by atoms with Gasteiger partial charge in [0.2, 0.25) is 0 Å². The molecule has 3 atom stereocenters. The second-order valence-corrected chi connectivity index (χ2v) is 5.50. The first-order valence-corrected chi connectivity index (χ1v) is 5.88. The van der Waals surface area contributed by atoms with E-state index in [4.69, 9.17) is 0 Å². The summed E-state index contributed by atoms with van der Waals surface area (Å²) in [5.41, 5.74) is 0. The fourth-order valence-electron chi connectivity index (χ4n) is 3.71. The Bertz CT molecular complexity index is 166. The molecule has 2 fully saturated rings. The van der Waals surface area contributed by atoms with E-state index in [1.165, 1.54) is 19.3 Å². The van der Waals surface area contributed by atoms with E-state index >= 15 is 0 Å². The molecule has 76 valence electrons. The van der Waals surface area contributed by atoms with Crippen LogP contribution in [0.3, 0.4) is 0 Å². The average Bonchev–Trinajstić information content (AvgIpc) is 2.60. The van der Waals surface area contributed by atoms with Gasteiger partial charge in [0, 0.05) is 18.1 Å². The zero-order chi connectivity index (χ0) is 9.59. The highest BCUT2D eigenvalue weighted by Crippen LogP contribution is 2.45. The first kappa shape index (κ1) is 9.51. The second-order valence-electron chi connectivity index (χ2n) is 5.50. The van der Waals surface area contributed by atoms with E-state index in [9.17, 15) is 0 Å². The third-order valence-electron chi connectivity index (χ3n) is 3.97. The molecule has 1 saturated carbocycles. The maximum Gasteiger partial charge on any atom is 0.0153 e. The normalized spacial score (nSPS) is 39.7. The fraction of sp³-hybridized carbons (Fsp3) is 1.00. The predicted octanol–water partition coefficient (Wildman–Crippen LogP) is 2.90. The zero-order valence-electron chi connectivity index (χ0n) is 9.46. The molecule has 0 aromatic heterocycles. The molecule has 2 aliphatic rings. The molecular weight excluding hydrogens is 158 g/mol. The van der Waals surface area contributed by atoms with E-state index in [2.05, 4.69) is 32.6 Å². The van der Waals surface area contributed by atoms with Gasteiger partial charge in [-0.25, -0.2) is 0 Å². The van der Waals surface area contributed by atoms with Gasteiger partial charge in [-0.15, -0.1) is 0 Å². The number of likely N-dealkylation sites (tertiary alicyclic amines) is 1. The Labute approximate surface area is 82.5 Å². The number of nitrogens with zero attached hydrogens (tertiary/aromatic N) is 1. The van der Waals surface area contributed by atoms with Gasteiger partial charge in [0.15, 0.2) is 0 Å². The van der Waals surface area contributed by atoms with Crippen LogP contribution in [-0.4, -0.2) is 23.0 Å². The first-order chi connectivity index (χ1) is 6.11. The van der Waals surface area contributed by atoms with Gasteiger partial charge < -0.3 is 0 Å². The van der Waals surface area contributed by atoms with Crippen LogP contribution in [0, 0.1) is 11.8 Å². The van der Waals surface area contributed by atoms with Gasteiger partial charge in [-0.2, -0.15) is 0 Å². The van der Waals surface area contributed by atoms with Crippen LogP contribution in [0.2, 0.25) is 0 Å². The highest BCUT2D eigenvalue weighted by Gasteiger charge is 2.47. The molecule has 2 bridgehead atoms. The Morgan fingerprint density at radius 3 is 2.23 bits per heavy atom.